The molecule has 4 aromatic rings. The van der Waals surface area contributed by atoms with Gasteiger partial charge >= 0.3 is 11.8 Å². The van der Waals surface area contributed by atoms with Crippen LogP contribution in [0.5, 0.6) is 5.75 Å². The summed E-state index contributed by atoms with van der Waals surface area (Å²) in [5, 5.41) is 12.6. The first-order chi connectivity index (χ1) is 17.4. The average molecular weight is 507 g/mol. The fourth-order valence-corrected chi connectivity index (χ4v) is 6.18. The lowest BCUT2D eigenvalue weighted by Gasteiger charge is -2.21. The highest BCUT2D eigenvalue weighted by atomic mass is 19.4. The van der Waals surface area contributed by atoms with Gasteiger partial charge in [0.2, 0.25) is 0 Å². The summed E-state index contributed by atoms with van der Waals surface area (Å²) in [6.07, 6.45) is -1.72. The molecule has 1 fully saturated rings. The Morgan fingerprint density at radius 2 is 1.84 bits per heavy atom. The summed E-state index contributed by atoms with van der Waals surface area (Å²) in [5.74, 6) is -2.13. The third-order valence-electron chi connectivity index (χ3n) is 8.17. The van der Waals surface area contributed by atoms with E-state index in [0.717, 1.165) is 38.9 Å². The number of hydrogen-bond acceptors (Lipinski definition) is 4. The lowest BCUT2D eigenvalue weighted by molar-refractivity contribution is -0.0888. The molecule has 0 bridgehead atoms. The van der Waals surface area contributed by atoms with E-state index in [9.17, 15) is 27.9 Å². The van der Waals surface area contributed by atoms with Gasteiger partial charge in [0.25, 0.3) is 5.78 Å². The molecule has 1 heterocycles. The second-order valence-electron chi connectivity index (χ2n) is 10.8. The number of alkyl halides is 3. The van der Waals surface area contributed by atoms with Gasteiger partial charge in [-0.25, -0.2) is 4.79 Å². The van der Waals surface area contributed by atoms with Gasteiger partial charge in [0.1, 0.15) is 11.3 Å². The van der Waals surface area contributed by atoms with E-state index in [1.165, 1.54) is 30.9 Å². The molecular weight excluding hydrogens is 481 g/mol. The van der Waals surface area contributed by atoms with Gasteiger partial charge in [-0.2, -0.15) is 13.2 Å². The molecule has 0 amide bonds. The first-order valence-electron chi connectivity index (χ1n) is 12.5. The zero-order chi connectivity index (χ0) is 26.4. The molecule has 2 aliphatic rings. The summed E-state index contributed by atoms with van der Waals surface area (Å²) < 4.78 is 44.5. The number of ketones is 1. The second-order valence-corrected chi connectivity index (χ2v) is 10.8. The van der Waals surface area contributed by atoms with E-state index in [0.29, 0.717) is 5.92 Å². The minimum Gasteiger partial charge on any atom is -0.506 e. The Balaban J connectivity index is 1.57. The van der Waals surface area contributed by atoms with Crippen molar-refractivity contribution in [3.05, 3.63) is 75.1 Å². The molecule has 0 aliphatic heterocycles. The SMILES string of the molecule is CCCC1CC1c1ccc2c3c(ccc2c1)C(C)(C)c1cc2oc(=O)c(C(=O)C(F)(F)F)c(O)c2cc1-3. The molecule has 0 saturated heterocycles. The van der Waals surface area contributed by atoms with E-state index in [1.54, 1.807) is 6.07 Å². The van der Waals surface area contributed by atoms with Crippen LogP contribution < -0.4 is 5.63 Å². The van der Waals surface area contributed by atoms with Crippen LogP contribution in [-0.4, -0.2) is 17.1 Å². The van der Waals surface area contributed by atoms with Crippen molar-refractivity contribution in [1.82, 2.24) is 0 Å². The summed E-state index contributed by atoms with van der Waals surface area (Å²) in [4.78, 5) is 24.2. The van der Waals surface area contributed by atoms with Crippen molar-refractivity contribution in [3.63, 3.8) is 0 Å². The number of aromatic hydroxyl groups is 1. The van der Waals surface area contributed by atoms with E-state index in [1.807, 2.05) is 13.8 Å². The standard InChI is InChI=1S/C30H25F3O4/c1-4-5-14-11-18(14)16-6-8-17-15(10-16)7-9-21-24(17)19-12-20-23(13-22(19)29(21,2)3)37-28(36)25(26(20)34)27(35)30(31,32)33/h6-10,12-14,18,34H,4-5,11H2,1-3H3. The number of rotatable bonds is 4. The van der Waals surface area contributed by atoms with Crippen molar-refractivity contribution in [2.75, 3.05) is 0 Å². The maximum Gasteiger partial charge on any atom is 0.455 e. The Morgan fingerprint density at radius 1 is 1.08 bits per heavy atom. The number of fused-ring (bicyclic) bond motifs is 6. The lowest BCUT2D eigenvalue weighted by atomic mass is 9.82. The van der Waals surface area contributed by atoms with Gasteiger partial charge in [-0.3, -0.25) is 4.79 Å². The summed E-state index contributed by atoms with van der Waals surface area (Å²) >= 11 is 0. The van der Waals surface area contributed by atoms with Crippen molar-refractivity contribution < 1.29 is 27.5 Å². The van der Waals surface area contributed by atoms with Crippen molar-refractivity contribution in [3.8, 4) is 16.9 Å². The summed E-state index contributed by atoms with van der Waals surface area (Å²) in [5.41, 5.74) is 1.38. The number of Topliss-reactive ketones (excluding diaryl/α,β-unsaturated/α-hetero) is 1. The van der Waals surface area contributed by atoms with E-state index < -0.39 is 34.3 Å². The predicted molar refractivity (Wildman–Crippen MR) is 135 cm³/mol. The van der Waals surface area contributed by atoms with E-state index >= 15 is 0 Å². The Morgan fingerprint density at radius 3 is 2.54 bits per heavy atom. The van der Waals surface area contributed by atoms with Crippen LogP contribution in [0.2, 0.25) is 0 Å². The Kier molecular flexibility index (Phi) is 4.94. The molecule has 6 rings (SSSR count). The first-order valence-corrected chi connectivity index (χ1v) is 12.5. The third kappa shape index (κ3) is 3.43. The fourth-order valence-electron chi connectivity index (χ4n) is 6.18. The Bertz CT molecular complexity index is 1690. The minimum absolute atomic E-state index is 0.0665. The molecule has 0 spiro atoms. The van der Waals surface area contributed by atoms with Crippen LogP contribution in [0.25, 0.3) is 32.9 Å². The zero-order valence-corrected chi connectivity index (χ0v) is 20.6. The third-order valence-corrected chi connectivity index (χ3v) is 8.17. The van der Waals surface area contributed by atoms with Gasteiger partial charge in [0.15, 0.2) is 5.56 Å². The van der Waals surface area contributed by atoms with Gasteiger partial charge in [0, 0.05) is 5.41 Å². The number of carbonyl (C=O) groups is 1. The normalized spacial score (nSPS) is 19.7. The van der Waals surface area contributed by atoms with Crippen molar-refractivity contribution >= 4 is 27.5 Å². The summed E-state index contributed by atoms with van der Waals surface area (Å²) in [6.45, 7) is 6.26. The summed E-state index contributed by atoms with van der Waals surface area (Å²) in [6, 6.07) is 13.8. The van der Waals surface area contributed by atoms with Gasteiger partial charge in [-0.05, 0) is 69.0 Å². The maximum atomic E-state index is 13.1. The van der Waals surface area contributed by atoms with Crippen LogP contribution >= 0.6 is 0 Å². The van der Waals surface area contributed by atoms with Crippen LogP contribution in [0.1, 0.15) is 73.0 Å². The van der Waals surface area contributed by atoms with E-state index in [4.69, 9.17) is 4.42 Å². The highest BCUT2D eigenvalue weighted by Gasteiger charge is 2.44. The Hall–Kier alpha value is -3.61. The largest absolute Gasteiger partial charge is 0.506 e. The first kappa shape index (κ1) is 23.8. The maximum absolute atomic E-state index is 13.1. The molecule has 2 atom stereocenters. The van der Waals surface area contributed by atoms with Crippen LogP contribution in [0.3, 0.4) is 0 Å². The van der Waals surface area contributed by atoms with Gasteiger partial charge in [-0.15, -0.1) is 0 Å². The lowest BCUT2D eigenvalue weighted by Crippen LogP contribution is -2.28. The molecule has 2 aliphatic carbocycles. The molecule has 3 aromatic carbocycles. The molecule has 37 heavy (non-hydrogen) atoms. The highest BCUT2D eigenvalue weighted by molar-refractivity contribution is 6.08. The number of hydrogen-bond donors (Lipinski definition) is 1. The number of carbonyl (C=O) groups excluding carboxylic acids is 1. The molecule has 1 aromatic heterocycles. The quantitative estimate of drug-likeness (QED) is 0.229. The van der Waals surface area contributed by atoms with E-state index in [-0.39, 0.29) is 11.0 Å². The van der Waals surface area contributed by atoms with Crippen molar-refractivity contribution in [2.45, 2.75) is 57.5 Å². The van der Waals surface area contributed by atoms with Crippen LogP contribution in [0, 0.1) is 5.92 Å². The molecule has 0 radical (unpaired) electrons. The second kappa shape index (κ2) is 7.70. The van der Waals surface area contributed by atoms with Crippen LogP contribution in [0.15, 0.2) is 51.7 Å². The predicted octanol–water partition coefficient (Wildman–Crippen LogP) is 7.61. The molecule has 4 nitrogen and oxygen atoms in total. The minimum atomic E-state index is -5.32. The van der Waals surface area contributed by atoms with Crippen LogP contribution in [-0.2, 0) is 5.41 Å². The summed E-state index contributed by atoms with van der Waals surface area (Å²) in [7, 11) is 0. The number of benzene rings is 3. The van der Waals surface area contributed by atoms with Crippen LogP contribution in [0.4, 0.5) is 13.2 Å². The average Bonchev–Trinajstić information content (AvgIpc) is 3.56. The molecule has 1 N–H and O–H groups in total. The molecule has 2 unspecified atom stereocenters. The molecule has 1 saturated carbocycles. The Labute approximate surface area is 210 Å². The van der Waals surface area contributed by atoms with Crippen molar-refractivity contribution in [1.29, 1.82) is 0 Å². The monoisotopic (exact) mass is 506 g/mol. The topological polar surface area (TPSA) is 67.5 Å². The van der Waals surface area contributed by atoms with Gasteiger partial charge < -0.3 is 9.52 Å². The molecular formula is C30H25F3O4. The van der Waals surface area contributed by atoms with Gasteiger partial charge in [0.05, 0.1) is 5.39 Å². The highest BCUT2D eigenvalue weighted by Crippen LogP contribution is 2.54. The van der Waals surface area contributed by atoms with E-state index in [2.05, 4.69) is 37.3 Å². The zero-order valence-electron chi connectivity index (χ0n) is 20.6. The fraction of sp³-hybridized carbons (Fsp3) is 0.333. The molecule has 7 heteroatoms. The molecule has 190 valence electrons. The number of halogens is 3. The van der Waals surface area contributed by atoms with Gasteiger partial charge in [-0.1, -0.05) is 63.9 Å². The smallest absolute Gasteiger partial charge is 0.455 e. The van der Waals surface area contributed by atoms with Crippen molar-refractivity contribution in [2.24, 2.45) is 5.92 Å².